The van der Waals surface area contributed by atoms with Gasteiger partial charge in [0, 0.05) is 144 Å². The summed E-state index contributed by atoms with van der Waals surface area (Å²) in [6.07, 6.45) is 5.81. The number of carbonyl (C=O) groups is 1. The van der Waals surface area contributed by atoms with Crippen molar-refractivity contribution in [3.05, 3.63) is 29.1 Å². The molecule has 2 aliphatic carbocycles. The molecule has 3 fully saturated rings. The van der Waals surface area contributed by atoms with Gasteiger partial charge >= 0.3 is 5.97 Å². The van der Waals surface area contributed by atoms with Gasteiger partial charge in [-0.15, -0.1) is 13.1 Å². The van der Waals surface area contributed by atoms with Gasteiger partial charge in [-0.05, 0) is 68.5 Å². The van der Waals surface area contributed by atoms with Crippen LogP contribution in [0.25, 0.3) is 5.32 Å². The number of hydrogen-bond donors (Lipinski definition) is 2. The van der Waals surface area contributed by atoms with Crippen molar-refractivity contribution >= 4 is 5.97 Å². The van der Waals surface area contributed by atoms with E-state index in [1.165, 1.54) is 5.57 Å². The van der Waals surface area contributed by atoms with Gasteiger partial charge in [-0.1, -0.05) is 26.0 Å². The van der Waals surface area contributed by atoms with Gasteiger partial charge in [-0.25, -0.2) is 4.79 Å². The maximum atomic E-state index is 12.5. The minimum absolute atomic E-state index is 0. The number of ether oxygens (including phenoxy) is 1. The zero-order valence-corrected chi connectivity index (χ0v) is 34.4. The molecule has 3 unspecified atom stereocenters. The standard InChI is InChI=1S/C24H37N2O4.3Ac/c1-16-4-5-20-23(2,8-6-21(28)24(20,3)15-27)18(16)14-19(17-7-13-30-22(17)29)26-11-9-25-10-12-26;;;/h7,18-21,27-28H,1,4-6,8-15H2,2-3H3;;;/q-1;;;/t18-,19?,20?,21?,23+,24-;;;/m0.../s1. The first-order valence-corrected chi connectivity index (χ1v) is 11.5. The van der Waals surface area contributed by atoms with E-state index in [1.807, 2.05) is 13.0 Å². The summed E-state index contributed by atoms with van der Waals surface area (Å²) in [5.74, 6) is 0.286. The topological polar surface area (TPSA) is 84.1 Å². The van der Waals surface area contributed by atoms with Crippen molar-refractivity contribution in [1.29, 1.82) is 0 Å². The minimum Gasteiger partial charge on any atom is -0.660 e. The second kappa shape index (κ2) is 14.5. The fraction of sp³-hybridized carbons (Fsp3) is 0.792. The number of cyclic esters (lactones) is 1. The van der Waals surface area contributed by atoms with Gasteiger partial charge < -0.3 is 20.3 Å². The number of piperazine rings is 1. The van der Waals surface area contributed by atoms with E-state index in [2.05, 4.69) is 23.7 Å². The smallest absolute Gasteiger partial charge is 0.335 e. The van der Waals surface area contributed by atoms with Crippen LogP contribution in [-0.2, 0) is 9.53 Å². The first kappa shape index (κ1) is 34.1. The Bertz CT molecular complexity index is 730. The van der Waals surface area contributed by atoms with Crippen molar-refractivity contribution in [1.82, 2.24) is 4.90 Å². The van der Waals surface area contributed by atoms with Crippen LogP contribution in [0, 0.1) is 155 Å². The van der Waals surface area contributed by atoms with Gasteiger partial charge in [0.15, 0.2) is 0 Å². The van der Waals surface area contributed by atoms with Gasteiger partial charge in [0.2, 0.25) is 0 Å². The Morgan fingerprint density at radius 3 is 2.48 bits per heavy atom. The normalized spacial score (nSPS) is 37.5. The number of fused-ring (bicyclic) bond motifs is 1. The summed E-state index contributed by atoms with van der Waals surface area (Å²) in [6.45, 7) is 12.5. The van der Waals surface area contributed by atoms with Crippen LogP contribution in [-0.4, -0.2) is 72.6 Å². The van der Waals surface area contributed by atoms with Crippen molar-refractivity contribution in [2.24, 2.45) is 22.7 Å². The Morgan fingerprint density at radius 2 is 1.91 bits per heavy atom. The molecule has 6 atom stereocenters. The maximum Gasteiger partial charge on any atom is 0.335 e. The average Bonchev–Trinajstić information content (AvgIpc) is 3.17. The summed E-state index contributed by atoms with van der Waals surface area (Å²) in [4.78, 5) is 14.9. The third-order valence-corrected chi connectivity index (χ3v) is 8.80. The molecule has 177 valence electrons. The second-order valence-corrected chi connectivity index (χ2v) is 10.2. The molecule has 2 saturated carbocycles. The molecule has 4 aliphatic rings. The van der Waals surface area contributed by atoms with E-state index < -0.39 is 11.5 Å². The molecule has 33 heavy (non-hydrogen) atoms. The summed E-state index contributed by atoms with van der Waals surface area (Å²) < 4.78 is 5.28. The zero-order valence-electron chi connectivity index (χ0n) is 20.2. The van der Waals surface area contributed by atoms with Gasteiger partial charge in [-0.3, -0.25) is 4.90 Å². The monoisotopic (exact) mass is 1100 g/mol. The quantitative estimate of drug-likeness (QED) is 0.328. The van der Waals surface area contributed by atoms with Crippen LogP contribution in [0.15, 0.2) is 23.8 Å². The van der Waals surface area contributed by atoms with Gasteiger partial charge in [-0.2, -0.15) is 0 Å². The predicted molar refractivity (Wildman–Crippen MR) is 116 cm³/mol. The molecule has 4 rings (SSSR count). The van der Waals surface area contributed by atoms with Crippen molar-refractivity contribution in [3.8, 4) is 0 Å². The molecular weight excluding hydrogens is 1060 g/mol. The Morgan fingerprint density at radius 1 is 1.24 bits per heavy atom. The summed E-state index contributed by atoms with van der Waals surface area (Å²) in [5.41, 5.74) is 1.50. The zero-order chi connectivity index (χ0) is 21.5. The molecule has 0 amide bonds. The van der Waals surface area contributed by atoms with Crippen molar-refractivity contribution < 1.29 is 152 Å². The van der Waals surface area contributed by atoms with E-state index in [0.717, 1.165) is 57.4 Å². The van der Waals surface area contributed by atoms with Crippen LogP contribution in [0.1, 0.15) is 46.0 Å². The number of hydrogen-bond acceptors (Lipinski definition) is 5. The van der Waals surface area contributed by atoms with E-state index in [1.54, 1.807) is 0 Å². The van der Waals surface area contributed by atoms with E-state index in [9.17, 15) is 15.0 Å². The van der Waals surface area contributed by atoms with Gasteiger partial charge in [0.25, 0.3) is 0 Å². The van der Waals surface area contributed by atoms with Crippen LogP contribution in [0.2, 0.25) is 0 Å². The van der Waals surface area contributed by atoms with E-state index in [4.69, 9.17) is 4.74 Å². The molecule has 6 nitrogen and oxygen atoms in total. The van der Waals surface area contributed by atoms with E-state index in [-0.39, 0.29) is 168 Å². The summed E-state index contributed by atoms with van der Waals surface area (Å²) in [5, 5.41) is 25.5. The molecule has 9 heteroatoms. The number of rotatable bonds is 5. The number of esters is 1. The molecule has 0 bridgehead atoms. The van der Waals surface area contributed by atoms with Crippen LogP contribution in [0.4, 0.5) is 0 Å². The maximum absolute atomic E-state index is 12.5. The number of carbonyl (C=O) groups excluding carboxylic acids is 1. The molecule has 2 heterocycles. The molecule has 0 spiro atoms. The summed E-state index contributed by atoms with van der Waals surface area (Å²) in [7, 11) is 0. The number of allylic oxidation sites excluding steroid dienone is 1. The summed E-state index contributed by atoms with van der Waals surface area (Å²) in [6, 6.07) is 0.0139. The third-order valence-electron chi connectivity index (χ3n) is 8.80. The molecule has 0 aromatic carbocycles. The minimum atomic E-state index is -0.489. The van der Waals surface area contributed by atoms with Crippen molar-refractivity contribution in [2.45, 2.75) is 58.1 Å². The first-order chi connectivity index (χ1) is 14.3. The molecule has 2 N–H and O–H groups in total. The fourth-order valence-corrected chi connectivity index (χ4v) is 6.91. The Kier molecular flexibility index (Phi) is 15.0. The predicted octanol–water partition coefficient (Wildman–Crippen LogP) is 2.66. The van der Waals surface area contributed by atoms with Crippen LogP contribution >= 0.6 is 0 Å². The molecule has 2 aliphatic heterocycles. The number of aliphatic hydroxyl groups is 2. The van der Waals surface area contributed by atoms with Crippen molar-refractivity contribution in [3.63, 3.8) is 0 Å². The van der Waals surface area contributed by atoms with E-state index >= 15 is 0 Å². The fourth-order valence-electron chi connectivity index (χ4n) is 6.91. The molecule has 0 aromatic heterocycles. The van der Waals surface area contributed by atoms with E-state index in [0.29, 0.717) is 13.0 Å². The third kappa shape index (κ3) is 6.82. The van der Waals surface area contributed by atoms with Crippen LogP contribution in [0.3, 0.4) is 0 Å². The number of nitrogens with zero attached hydrogens (tertiary/aromatic N) is 2. The molecule has 0 aromatic rings. The second-order valence-electron chi connectivity index (χ2n) is 10.2. The molecule has 3 radical (unpaired) electrons. The van der Waals surface area contributed by atoms with Crippen LogP contribution in [0.5, 0.6) is 0 Å². The largest absolute Gasteiger partial charge is 0.660 e. The van der Waals surface area contributed by atoms with Crippen LogP contribution < -0.4 is 0 Å². The Hall–Kier alpha value is 3.11. The Labute approximate surface area is 306 Å². The Balaban J connectivity index is 0.00000181. The number of aliphatic hydroxyl groups excluding tert-OH is 2. The van der Waals surface area contributed by atoms with Gasteiger partial charge in [0.05, 0.1) is 18.3 Å². The SMILES string of the molecule is C=C1CCC2[C@](C)(CO)C(O)CC[C@]2(C)[C@H]1CC(C1=CCOC1=O)N1CC[N-]CC1.[Ac].[Ac].[Ac]. The van der Waals surface area contributed by atoms with Gasteiger partial charge in [0.1, 0.15) is 6.61 Å². The van der Waals surface area contributed by atoms with Crippen molar-refractivity contribution in [2.75, 3.05) is 39.4 Å². The summed E-state index contributed by atoms with van der Waals surface area (Å²) >= 11 is 0. The first-order valence-electron chi connectivity index (χ1n) is 11.5. The molecule has 1 saturated heterocycles. The average molecular weight is 1100 g/mol. The molecular formula is C24H37Ac3N2O4-.